The number of aliphatic hydroxyl groups excluding tert-OH is 1. The number of nitrogens with one attached hydrogen (secondary N) is 1. The maximum absolute atomic E-state index is 13.1. The molecule has 0 spiro atoms. The molecule has 2 N–H and O–H groups in total. The van der Waals surface area contributed by atoms with Gasteiger partial charge in [0.05, 0.1) is 18.8 Å². The van der Waals surface area contributed by atoms with Crippen LogP contribution in [-0.4, -0.2) is 58.1 Å². The number of likely N-dealkylation sites (tertiary alicyclic amines) is 1. The van der Waals surface area contributed by atoms with E-state index in [0.29, 0.717) is 35.5 Å². The number of hydrogen-bond acceptors (Lipinski definition) is 6. The Morgan fingerprint density at radius 3 is 1.98 bits per heavy atom. The molecule has 0 saturated carbocycles. The van der Waals surface area contributed by atoms with Gasteiger partial charge in [-0.3, -0.25) is 14.5 Å². The van der Waals surface area contributed by atoms with Gasteiger partial charge in [-0.15, -0.1) is 0 Å². The summed E-state index contributed by atoms with van der Waals surface area (Å²) in [4.78, 5) is 27.8. The number of anilines is 1. The Balaban J connectivity index is 1.19. The molecule has 2 heterocycles. The van der Waals surface area contributed by atoms with Gasteiger partial charge >= 0.3 is 12.1 Å². The van der Waals surface area contributed by atoms with Crippen molar-refractivity contribution in [1.82, 2.24) is 9.80 Å². The summed E-state index contributed by atoms with van der Waals surface area (Å²) in [6.07, 6.45) is -5.24. The van der Waals surface area contributed by atoms with Gasteiger partial charge in [0.25, 0.3) is 0 Å². The summed E-state index contributed by atoms with van der Waals surface area (Å²) in [6.45, 7) is 1.88. The Hall–Kier alpha value is -4.55. The summed E-state index contributed by atoms with van der Waals surface area (Å²) in [5.41, 5.74) is 5.21. The fourth-order valence-electron chi connectivity index (χ4n) is 6.58. The number of alkyl halides is 3. The van der Waals surface area contributed by atoms with E-state index in [0.717, 1.165) is 24.2 Å². The first kappa shape index (κ1) is 35.3. The van der Waals surface area contributed by atoms with Gasteiger partial charge < -0.3 is 24.8 Å². The van der Waals surface area contributed by atoms with E-state index in [-0.39, 0.29) is 31.8 Å². The predicted molar refractivity (Wildman–Crippen MR) is 181 cm³/mol. The molecule has 4 unspecified atom stereocenters. The summed E-state index contributed by atoms with van der Waals surface area (Å²) in [7, 11) is 0. The van der Waals surface area contributed by atoms with Gasteiger partial charge in [-0.1, -0.05) is 97.1 Å². The van der Waals surface area contributed by atoms with Crippen molar-refractivity contribution in [2.75, 3.05) is 18.4 Å². The molecule has 11 heteroatoms. The third kappa shape index (κ3) is 8.97. The average molecular weight is 688 g/mol. The second-order valence-electron chi connectivity index (χ2n) is 12.8. The molecule has 4 aromatic carbocycles. The molecule has 0 bridgehead atoms. The lowest BCUT2D eigenvalue weighted by Crippen LogP contribution is -2.48. The van der Waals surface area contributed by atoms with Gasteiger partial charge in [-0.2, -0.15) is 13.2 Å². The highest BCUT2D eigenvalue weighted by Gasteiger charge is 2.47. The van der Waals surface area contributed by atoms with Crippen molar-refractivity contribution in [2.45, 2.75) is 69.7 Å². The molecule has 2 aliphatic rings. The number of amides is 2. The molecule has 2 saturated heterocycles. The molecule has 0 radical (unpaired) electrons. The third-order valence-electron chi connectivity index (χ3n) is 9.08. The molecule has 2 fully saturated rings. The lowest BCUT2D eigenvalue weighted by Gasteiger charge is -2.38. The lowest BCUT2D eigenvalue weighted by atomic mass is 9.99. The molecule has 4 atom stereocenters. The maximum Gasteiger partial charge on any atom is 0.471 e. The minimum absolute atomic E-state index is 0.0611. The number of nitrogens with zero attached hydrogens (tertiary/aromatic N) is 2. The predicted octanol–water partition coefficient (Wildman–Crippen LogP) is 6.92. The fourth-order valence-corrected chi connectivity index (χ4v) is 6.58. The van der Waals surface area contributed by atoms with Crippen molar-refractivity contribution < 1.29 is 37.3 Å². The second-order valence-corrected chi connectivity index (χ2v) is 12.8. The van der Waals surface area contributed by atoms with Crippen LogP contribution in [0.4, 0.5) is 18.9 Å². The molecular weight excluding hydrogens is 647 g/mol. The average Bonchev–Trinajstić information content (AvgIpc) is 3.62. The van der Waals surface area contributed by atoms with Crippen LogP contribution in [0.5, 0.6) is 0 Å². The van der Waals surface area contributed by atoms with Gasteiger partial charge in [0.2, 0.25) is 5.91 Å². The van der Waals surface area contributed by atoms with Crippen LogP contribution >= 0.6 is 0 Å². The molecule has 6 rings (SSSR count). The number of halogens is 3. The summed E-state index contributed by atoms with van der Waals surface area (Å²) in [5.74, 6) is -2.67. The molecule has 262 valence electrons. The van der Waals surface area contributed by atoms with Gasteiger partial charge in [-0.05, 0) is 47.2 Å². The molecule has 0 aromatic heterocycles. The summed E-state index contributed by atoms with van der Waals surface area (Å²) in [5, 5.41) is 12.2. The highest BCUT2D eigenvalue weighted by molar-refractivity contribution is 5.98. The summed E-state index contributed by atoms with van der Waals surface area (Å²) in [6, 6.07) is 33.8. The number of hydrogen-bond donors (Lipinski definition) is 2. The first-order valence-electron chi connectivity index (χ1n) is 16.8. The van der Waals surface area contributed by atoms with Crippen LogP contribution in [0.2, 0.25) is 0 Å². The van der Waals surface area contributed by atoms with E-state index in [1.165, 1.54) is 11.1 Å². The van der Waals surface area contributed by atoms with E-state index >= 15 is 0 Å². The first-order chi connectivity index (χ1) is 24.2. The lowest BCUT2D eigenvalue weighted by molar-refractivity contribution is -0.253. The van der Waals surface area contributed by atoms with Crippen molar-refractivity contribution in [3.63, 3.8) is 0 Å². The minimum Gasteiger partial charge on any atom is -0.392 e. The molecule has 8 nitrogen and oxygen atoms in total. The highest BCUT2D eigenvalue weighted by Crippen LogP contribution is 2.39. The Labute approximate surface area is 289 Å². The van der Waals surface area contributed by atoms with Crippen LogP contribution in [0.3, 0.4) is 0 Å². The maximum atomic E-state index is 13.1. The fraction of sp³-hybridized carbons (Fsp3) is 0.333. The third-order valence-corrected chi connectivity index (χ3v) is 9.08. The van der Waals surface area contributed by atoms with E-state index in [2.05, 4.69) is 34.5 Å². The van der Waals surface area contributed by atoms with Gasteiger partial charge in [-0.25, -0.2) is 0 Å². The molecule has 0 aliphatic carbocycles. The Kier molecular flexibility index (Phi) is 11.3. The van der Waals surface area contributed by atoms with E-state index < -0.39 is 30.3 Å². The second kappa shape index (κ2) is 16.0. The Bertz CT molecular complexity index is 1660. The van der Waals surface area contributed by atoms with Crippen LogP contribution in [-0.2, 0) is 38.8 Å². The van der Waals surface area contributed by atoms with E-state index in [1.54, 1.807) is 24.3 Å². The zero-order valence-corrected chi connectivity index (χ0v) is 27.5. The van der Waals surface area contributed by atoms with Crippen LogP contribution < -0.4 is 5.32 Å². The number of benzene rings is 4. The van der Waals surface area contributed by atoms with E-state index in [4.69, 9.17) is 9.47 Å². The molecule has 2 aliphatic heterocycles. The number of ether oxygens (including phenoxy) is 2. The Morgan fingerprint density at radius 1 is 0.800 bits per heavy atom. The van der Waals surface area contributed by atoms with Gasteiger partial charge in [0.1, 0.15) is 6.04 Å². The van der Waals surface area contributed by atoms with E-state index in [1.807, 2.05) is 60.7 Å². The van der Waals surface area contributed by atoms with Crippen LogP contribution in [0.15, 0.2) is 109 Å². The topological polar surface area (TPSA) is 91.3 Å². The number of aliphatic hydroxyl groups is 1. The van der Waals surface area contributed by atoms with Crippen molar-refractivity contribution in [1.29, 1.82) is 0 Å². The molecule has 4 aromatic rings. The number of carbonyl (C=O) groups excluding carboxylic acids is 2. The smallest absolute Gasteiger partial charge is 0.392 e. The van der Waals surface area contributed by atoms with Crippen LogP contribution in [0.25, 0.3) is 0 Å². The quantitative estimate of drug-likeness (QED) is 0.178. The van der Waals surface area contributed by atoms with Gasteiger partial charge in [0.15, 0.2) is 6.29 Å². The monoisotopic (exact) mass is 687 g/mol. The standard InChI is InChI=1S/C39H40F3N3O5/c40-39(41,42)38(48)45-21-7-12-34(45)36(47)43-32-19-17-31(18-20-32)37-49-33(22-35(50-37)30-15-13-29(26-46)14-16-30)25-44(23-27-8-3-1-4-9-27)24-28-10-5-2-6-11-28/h1-6,8-11,13-20,33-35,37,46H,7,12,21-26H2,(H,43,47). The largest absolute Gasteiger partial charge is 0.471 e. The minimum atomic E-state index is -5.04. The van der Waals surface area contributed by atoms with E-state index in [9.17, 15) is 27.9 Å². The van der Waals surface area contributed by atoms with Crippen LogP contribution in [0, 0.1) is 0 Å². The molecular formula is C39H40F3N3O5. The SMILES string of the molecule is O=C(Nc1ccc(C2OC(CN(Cc3ccccc3)Cc3ccccc3)CC(c3ccc(CO)cc3)O2)cc1)C1CCCN1C(=O)C(F)(F)F. The Morgan fingerprint density at radius 2 is 1.40 bits per heavy atom. The van der Waals surface area contributed by atoms with Crippen LogP contribution in [0.1, 0.15) is 59.5 Å². The highest BCUT2D eigenvalue weighted by atomic mass is 19.4. The van der Waals surface area contributed by atoms with Crippen molar-refractivity contribution in [3.05, 3.63) is 137 Å². The molecule has 50 heavy (non-hydrogen) atoms. The van der Waals surface area contributed by atoms with Gasteiger partial charge in [0, 0.05) is 43.9 Å². The zero-order chi connectivity index (χ0) is 35.1. The van der Waals surface area contributed by atoms with Crippen molar-refractivity contribution >= 4 is 17.5 Å². The summed E-state index contributed by atoms with van der Waals surface area (Å²) >= 11 is 0. The van der Waals surface area contributed by atoms with Crippen molar-refractivity contribution in [2.24, 2.45) is 0 Å². The zero-order valence-electron chi connectivity index (χ0n) is 27.5. The normalized spacial score (nSPS) is 20.9. The molecule has 2 amide bonds. The number of rotatable bonds is 11. The number of carbonyl (C=O) groups is 2. The summed E-state index contributed by atoms with van der Waals surface area (Å²) < 4.78 is 52.4. The van der Waals surface area contributed by atoms with Crippen molar-refractivity contribution in [3.8, 4) is 0 Å². The first-order valence-corrected chi connectivity index (χ1v) is 16.8.